The lowest BCUT2D eigenvalue weighted by atomic mass is 9.96. The highest BCUT2D eigenvalue weighted by atomic mass is 19.1. The van der Waals surface area contributed by atoms with Gasteiger partial charge >= 0.3 is 0 Å². The molecule has 0 bridgehead atoms. The van der Waals surface area contributed by atoms with Crippen LogP contribution in [0, 0.1) is 17.2 Å². The summed E-state index contributed by atoms with van der Waals surface area (Å²) >= 11 is 0. The van der Waals surface area contributed by atoms with Crippen molar-refractivity contribution < 1.29 is 9.13 Å². The van der Waals surface area contributed by atoms with Crippen LogP contribution in [0.15, 0.2) is 18.2 Å². The van der Waals surface area contributed by atoms with E-state index in [1.807, 2.05) is 6.07 Å². The number of hydrogen-bond acceptors (Lipinski definition) is 2. The van der Waals surface area contributed by atoms with Gasteiger partial charge in [-0.3, -0.25) is 0 Å². The number of nitrogens with one attached hydrogen (secondary N) is 1. The third-order valence-corrected chi connectivity index (χ3v) is 4.14. The normalized spacial score (nSPS) is 22.1. The maximum absolute atomic E-state index is 13.9. The molecule has 2 atom stereocenters. The molecule has 1 aromatic carbocycles. The van der Waals surface area contributed by atoms with Crippen molar-refractivity contribution in [3.8, 4) is 5.75 Å². The fourth-order valence-corrected chi connectivity index (χ4v) is 2.75. The molecule has 0 aliphatic heterocycles. The van der Waals surface area contributed by atoms with Crippen LogP contribution in [0.5, 0.6) is 5.75 Å². The summed E-state index contributed by atoms with van der Waals surface area (Å²) in [5.74, 6) is 0.627. The van der Waals surface area contributed by atoms with E-state index in [9.17, 15) is 4.39 Å². The lowest BCUT2D eigenvalue weighted by Crippen LogP contribution is -2.25. The molecule has 1 aliphatic rings. The van der Waals surface area contributed by atoms with E-state index in [1.54, 1.807) is 12.1 Å². The molecule has 2 nitrogen and oxygen atoms in total. The monoisotopic (exact) mass is 265 g/mol. The summed E-state index contributed by atoms with van der Waals surface area (Å²) in [6.07, 6.45) is 2.28. The number of hydrogen-bond donors (Lipinski definition) is 1. The molecule has 0 amide bonds. The minimum absolute atomic E-state index is 0.246. The van der Waals surface area contributed by atoms with Gasteiger partial charge in [-0.25, -0.2) is 4.39 Å². The van der Waals surface area contributed by atoms with Crippen molar-refractivity contribution in [1.29, 1.82) is 0 Å². The minimum Gasteiger partial charge on any atom is -0.494 e. The fourth-order valence-electron chi connectivity index (χ4n) is 2.75. The Hall–Kier alpha value is -1.09. The van der Waals surface area contributed by atoms with E-state index in [2.05, 4.69) is 26.1 Å². The Labute approximate surface area is 115 Å². The lowest BCUT2D eigenvalue weighted by molar-refractivity contribution is 0.382. The third kappa shape index (κ3) is 3.08. The molecule has 0 radical (unpaired) electrons. The van der Waals surface area contributed by atoms with Crippen molar-refractivity contribution in [3.63, 3.8) is 0 Å². The summed E-state index contributed by atoms with van der Waals surface area (Å²) in [5.41, 5.74) is 1.39. The first-order valence-electron chi connectivity index (χ1n) is 7.06. The number of ether oxygens (including phenoxy) is 1. The SMILES string of the molecule is CCCNC(c1ccc(OC)c(F)c1)C1CC1(C)C. The van der Waals surface area contributed by atoms with Crippen molar-refractivity contribution in [2.75, 3.05) is 13.7 Å². The van der Waals surface area contributed by atoms with Crippen LogP contribution >= 0.6 is 0 Å². The van der Waals surface area contributed by atoms with E-state index in [0.29, 0.717) is 17.1 Å². The molecular weight excluding hydrogens is 241 g/mol. The van der Waals surface area contributed by atoms with Crippen molar-refractivity contribution in [2.45, 2.75) is 39.7 Å². The Bertz CT molecular complexity index is 444. The number of rotatable bonds is 6. The van der Waals surface area contributed by atoms with Crippen LogP contribution in [0.2, 0.25) is 0 Å². The standard InChI is InChI=1S/C16H24FNO/c1-5-8-18-15(12-10-16(12,2)3)11-6-7-14(19-4)13(17)9-11/h6-7,9,12,15,18H,5,8,10H2,1-4H3. The molecule has 1 aromatic rings. The van der Waals surface area contributed by atoms with E-state index in [0.717, 1.165) is 18.5 Å². The molecule has 0 aromatic heterocycles. The maximum atomic E-state index is 13.9. The van der Waals surface area contributed by atoms with Crippen LogP contribution in [0.4, 0.5) is 4.39 Å². The van der Waals surface area contributed by atoms with Crippen LogP contribution in [0.25, 0.3) is 0 Å². The van der Waals surface area contributed by atoms with Gasteiger partial charge in [0.25, 0.3) is 0 Å². The Morgan fingerprint density at radius 3 is 2.63 bits per heavy atom. The Balaban J connectivity index is 2.20. The number of benzene rings is 1. The van der Waals surface area contributed by atoms with Gasteiger partial charge in [-0.15, -0.1) is 0 Å². The molecule has 3 heteroatoms. The van der Waals surface area contributed by atoms with Gasteiger partial charge in [0.2, 0.25) is 0 Å². The first-order valence-corrected chi connectivity index (χ1v) is 7.06. The van der Waals surface area contributed by atoms with Gasteiger partial charge in [-0.1, -0.05) is 26.8 Å². The molecule has 106 valence electrons. The molecule has 0 heterocycles. The third-order valence-electron chi connectivity index (χ3n) is 4.14. The summed E-state index contributed by atoms with van der Waals surface area (Å²) in [7, 11) is 1.49. The largest absolute Gasteiger partial charge is 0.494 e. The predicted octanol–water partition coefficient (Wildman–Crippen LogP) is 3.92. The highest BCUT2D eigenvalue weighted by molar-refractivity contribution is 5.32. The van der Waals surface area contributed by atoms with Gasteiger partial charge < -0.3 is 10.1 Å². The lowest BCUT2D eigenvalue weighted by Gasteiger charge is -2.21. The Morgan fingerprint density at radius 2 is 2.16 bits per heavy atom. The predicted molar refractivity (Wildman–Crippen MR) is 75.9 cm³/mol. The number of halogens is 1. The fraction of sp³-hybridized carbons (Fsp3) is 0.625. The number of methoxy groups -OCH3 is 1. The van der Waals surface area contributed by atoms with Crippen molar-refractivity contribution in [3.05, 3.63) is 29.6 Å². The molecule has 0 spiro atoms. The van der Waals surface area contributed by atoms with Crippen molar-refractivity contribution >= 4 is 0 Å². The minimum atomic E-state index is -0.276. The summed E-state index contributed by atoms with van der Waals surface area (Å²) in [5, 5.41) is 3.56. The molecule has 19 heavy (non-hydrogen) atoms. The zero-order valence-corrected chi connectivity index (χ0v) is 12.3. The molecule has 1 saturated carbocycles. The van der Waals surface area contributed by atoms with E-state index in [1.165, 1.54) is 13.5 Å². The molecule has 1 N–H and O–H groups in total. The van der Waals surface area contributed by atoms with E-state index < -0.39 is 0 Å². The van der Waals surface area contributed by atoms with Gasteiger partial charge in [0, 0.05) is 6.04 Å². The van der Waals surface area contributed by atoms with Gasteiger partial charge in [0.15, 0.2) is 11.6 Å². The summed E-state index contributed by atoms with van der Waals surface area (Å²) in [6, 6.07) is 5.56. The molecule has 2 unspecified atom stereocenters. The van der Waals surface area contributed by atoms with Crippen LogP contribution in [0.3, 0.4) is 0 Å². The maximum Gasteiger partial charge on any atom is 0.165 e. The highest BCUT2D eigenvalue weighted by Gasteiger charge is 2.50. The van der Waals surface area contributed by atoms with E-state index in [-0.39, 0.29) is 11.9 Å². The van der Waals surface area contributed by atoms with Crippen molar-refractivity contribution in [1.82, 2.24) is 5.32 Å². The van der Waals surface area contributed by atoms with Gasteiger partial charge in [0.05, 0.1) is 7.11 Å². The average Bonchev–Trinajstić information content (AvgIpc) is 2.99. The zero-order chi connectivity index (χ0) is 14.0. The van der Waals surface area contributed by atoms with Crippen LogP contribution in [-0.2, 0) is 0 Å². The average molecular weight is 265 g/mol. The van der Waals surface area contributed by atoms with Crippen LogP contribution in [0.1, 0.15) is 45.2 Å². The quantitative estimate of drug-likeness (QED) is 0.841. The first-order chi connectivity index (χ1) is 8.99. The smallest absolute Gasteiger partial charge is 0.165 e. The van der Waals surface area contributed by atoms with E-state index in [4.69, 9.17) is 4.74 Å². The molecule has 1 fully saturated rings. The molecule has 0 saturated heterocycles. The van der Waals surface area contributed by atoms with Crippen LogP contribution < -0.4 is 10.1 Å². The summed E-state index contributed by atoms with van der Waals surface area (Å²) in [6.45, 7) is 7.66. The van der Waals surface area contributed by atoms with Gasteiger partial charge in [-0.2, -0.15) is 0 Å². The first kappa shape index (κ1) is 14.3. The second-order valence-corrected chi connectivity index (χ2v) is 6.12. The zero-order valence-electron chi connectivity index (χ0n) is 12.3. The molecule has 1 aliphatic carbocycles. The van der Waals surface area contributed by atoms with Crippen molar-refractivity contribution in [2.24, 2.45) is 11.3 Å². The second-order valence-electron chi connectivity index (χ2n) is 6.12. The Kier molecular flexibility index (Phi) is 4.14. The summed E-state index contributed by atoms with van der Waals surface area (Å²) < 4.78 is 18.8. The van der Waals surface area contributed by atoms with E-state index >= 15 is 0 Å². The van der Waals surface area contributed by atoms with Crippen LogP contribution in [-0.4, -0.2) is 13.7 Å². The Morgan fingerprint density at radius 1 is 1.47 bits per heavy atom. The second kappa shape index (κ2) is 5.49. The van der Waals surface area contributed by atoms with Gasteiger partial charge in [0.1, 0.15) is 0 Å². The molecular formula is C16H24FNO. The summed E-state index contributed by atoms with van der Waals surface area (Å²) in [4.78, 5) is 0. The molecule has 2 rings (SSSR count). The topological polar surface area (TPSA) is 21.3 Å². The highest BCUT2D eigenvalue weighted by Crippen LogP contribution is 2.57. The van der Waals surface area contributed by atoms with Gasteiger partial charge in [-0.05, 0) is 48.4 Å².